The van der Waals surface area contributed by atoms with Gasteiger partial charge in [-0.3, -0.25) is 25.2 Å². The fourth-order valence-electron chi connectivity index (χ4n) is 3.36. The van der Waals surface area contributed by atoms with Gasteiger partial charge in [0, 0.05) is 18.7 Å². The lowest BCUT2D eigenvalue weighted by Crippen LogP contribution is -2.50. The Morgan fingerprint density at radius 2 is 1.76 bits per heavy atom. The molecule has 1 aliphatic rings. The van der Waals surface area contributed by atoms with Gasteiger partial charge in [0.2, 0.25) is 5.91 Å². The topological polar surface area (TPSA) is 91.7 Å². The van der Waals surface area contributed by atoms with Crippen LogP contribution in [0.4, 0.5) is 0 Å². The highest BCUT2D eigenvalue weighted by atomic mass is 16.3. The average molecular weight is 397 g/mol. The number of likely N-dealkylation sites (tertiary alicyclic amines) is 1. The third-order valence-electron chi connectivity index (χ3n) is 5.16. The molecule has 2 aromatic rings. The summed E-state index contributed by atoms with van der Waals surface area (Å²) in [6.45, 7) is 7.22. The number of rotatable bonds is 3. The van der Waals surface area contributed by atoms with Crippen LogP contribution in [0.2, 0.25) is 0 Å². The summed E-state index contributed by atoms with van der Waals surface area (Å²) in [5.41, 5.74) is 7.04. The summed E-state index contributed by atoms with van der Waals surface area (Å²) in [4.78, 5) is 38.9. The first kappa shape index (κ1) is 20.6. The van der Waals surface area contributed by atoms with E-state index in [1.54, 1.807) is 23.1 Å². The van der Waals surface area contributed by atoms with Crippen molar-refractivity contribution in [3.63, 3.8) is 0 Å². The van der Waals surface area contributed by atoms with Crippen molar-refractivity contribution in [2.45, 2.75) is 39.0 Å². The van der Waals surface area contributed by atoms with E-state index in [1.807, 2.05) is 12.1 Å². The maximum atomic E-state index is 12.5. The Hall–Kier alpha value is -3.09. The highest BCUT2D eigenvalue weighted by Gasteiger charge is 2.29. The monoisotopic (exact) mass is 397 g/mol. The van der Waals surface area contributed by atoms with E-state index in [0.29, 0.717) is 30.6 Å². The summed E-state index contributed by atoms with van der Waals surface area (Å²) < 4.78 is 4.96. The number of benzene rings is 1. The first-order chi connectivity index (χ1) is 13.8. The first-order valence-electron chi connectivity index (χ1n) is 9.78. The fourth-order valence-corrected chi connectivity index (χ4v) is 3.36. The number of carbonyl (C=O) groups excluding carboxylic acids is 3. The zero-order chi connectivity index (χ0) is 21.0. The molecule has 3 rings (SSSR count). The van der Waals surface area contributed by atoms with E-state index in [9.17, 15) is 14.4 Å². The van der Waals surface area contributed by atoms with Crippen molar-refractivity contribution in [1.29, 1.82) is 0 Å². The number of amides is 3. The summed E-state index contributed by atoms with van der Waals surface area (Å²) in [6, 6.07) is 8.92. The van der Waals surface area contributed by atoms with Crippen LogP contribution < -0.4 is 10.9 Å². The van der Waals surface area contributed by atoms with E-state index in [1.165, 1.54) is 12.5 Å². The Morgan fingerprint density at radius 3 is 2.38 bits per heavy atom. The van der Waals surface area contributed by atoms with Crippen LogP contribution in [0.5, 0.6) is 0 Å². The number of hydrazine groups is 1. The Morgan fingerprint density at radius 1 is 1.03 bits per heavy atom. The number of piperidine rings is 1. The van der Waals surface area contributed by atoms with Gasteiger partial charge in [-0.2, -0.15) is 0 Å². The van der Waals surface area contributed by atoms with Gasteiger partial charge >= 0.3 is 0 Å². The average Bonchev–Trinajstić information content (AvgIpc) is 3.25. The SMILES string of the molecule is CC(C)(C)c1ccc(C(=O)NNC(=O)[C@H]2CCCN(C(=O)c3ccoc3)C2)cc1. The molecule has 29 heavy (non-hydrogen) atoms. The van der Waals surface area contributed by atoms with E-state index in [-0.39, 0.29) is 29.1 Å². The number of carbonyl (C=O) groups is 3. The summed E-state index contributed by atoms with van der Waals surface area (Å²) in [5, 5.41) is 0. The molecule has 2 heterocycles. The molecule has 154 valence electrons. The van der Waals surface area contributed by atoms with E-state index in [2.05, 4.69) is 31.6 Å². The van der Waals surface area contributed by atoms with E-state index in [0.717, 1.165) is 12.0 Å². The normalized spacial score (nSPS) is 16.9. The molecule has 7 heteroatoms. The molecule has 3 amide bonds. The Kier molecular flexibility index (Phi) is 6.06. The first-order valence-corrected chi connectivity index (χ1v) is 9.78. The molecular formula is C22H27N3O4. The molecule has 1 aromatic heterocycles. The van der Waals surface area contributed by atoms with Crippen LogP contribution in [-0.2, 0) is 10.2 Å². The largest absolute Gasteiger partial charge is 0.472 e. The van der Waals surface area contributed by atoms with Crippen LogP contribution in [0, 0.1) is 5.92 Å². The second-order valence-corrected chi connectivity index (χ2v) is 8.37. The molecule has 1 saturated heterocycles. The Labute approximate surface area is 170 Å². The number of hydrogen-bond acceptors (Lipinski definition) is 4. The highest BCUT2D eigenvalue weighted by molar-refractivity contribution is 5.96. The molecule has 1 atom stereocenters. The standard InChI is InChI=1S/C22H27N3O4/c1-22(2,3)18-8-6-15(7-9-18)19(26)23-24-20(27)16-5-4-11-25(13-16)21(28)17-10-12-29-14-17/h6-10,12,14,16H,4-5,11,13H2,1-3H3,(H,23,26)(H,24,27)/t16-/m0/s1. The van der Waals surface area contributed by atoms with E-state index >= 15 is 0 Å². The molecule has 1 aromatic carbocycles. The lowest BCUT2D eigenvalue weighted by molar-refractivity contribution is -0.127. The lowest BCUT2D eigenvalue weighted by Gasteiger charge is -2.31. The number of nitrogens with zero attached hydrogens (tertiary/aromatic N) is 1. The van der Waals surface area contributed by atoms with Crippen molar-refractivity contribution in [3.8, 4) is 0 Å². The third kappa shape index (κ3) is 5.04. The quantitative estimate of drug-likeness (QED) is 0.779. The predicted molar refractivity (Wildman–Crippen MR) is 108 cm³/mol. The van der Waals surface area contributed by atoms with Crippen LogP contribution in [-0.4, -0.2) is 35.7 Å². The van der Waals surface area contributed by atoms with Gasteiger partial charge < -0.3 is 9.32 Å². The minimum absolute atomic E-state index is 0.00394. The van der Waals surface area contributed by atoms with Crippen molar-refractivity contribution >= 4 is 17.7 Å². The molecule has 0 aliphatic carbocycles. The van der Waals surface area contributed by atoms with Gasteiger partial charge in [0.15, 0.2) is 0 Å². The number of nitrogens with one attached hydrogen (secondary N) is 2. The van der Waals surface area contributed by atoms with Gasteiger partial charge in [-0.25, -0.2) is 0 Å². The minimum Gasteiger partial charge on any atom is -0.472 e. The number of furan rings is 1. The Balaban J connectivity index is 1.53. The maximum absolute atomic E-state index is 12.5. The van der Waals surface area contributed by atoms with Crippen molar-refractivity contribution in [2.24, 2.45) is 5.92 Å². The van der Waals surface area contributed by atoms with Crippen molar-refractivity contribution in [3.05, 3.63) is 59.5 Å². The smallest absolute Gasteiger partial charge is 0.269 e. The summed E-state index contributed by atoms with van der Waals surface area (Å²) >= 11 is 0. The fraction of sp³-hybridized carbons (Fsp3) is 0.409. The van der Waals surface area contributed by atoms with Gasteiger partial charge in [-0.1, -0.05) is 32.9 Å². The molecule has 0 spiro atoms. The second kappa shape index (κ2) is 8.51. The summed E-state index contributed by atoms with van der Waals surface area (Å²) in [6.07, 6.45) is 4.24. The molecule has 0 bridgehead atoms. The number of hydrogen-bond donors (Lipinski definition) is 2. The van der Waals surface area contributed by atoms with Crippen molar-refractivity contribution in [2.75, 3.05) is 13.1 Å². The van der Waals surface area contributed by atoms with Crippen LogP contribution in [0.25, 0.3) is 0 Å². The van der Waals surface area contributed by atoms with Crippen LogP contribution >= 0.6 is 0 Å². The van der Waals surface area contributed by atoms with Crippen LogP contribution in [0.3, 0.4) is 0 Å². The van der Waals surface area contributed by atoms with Gasteiger partial charge in [0.25, 0.3) is 11.8 Å². The van der Waals surface area contributed by atoms with Gasteiger partial charge in [-0.15, -0.1) is 0 Å². The zero-order valence-electron chi connectivity index (χ0n) is 17.0. The molecule has 0 unspecified atom stereocenters. The maximum Gasteiger partial charge on any atom is 0.269 e. The van der Waals surface area contributed by atoms with Crippen LogP contribution in [0.15, 0.2) is 47.3 Å². The van der Waals surface area contributed by atoms with Crippen LogP contribution in [0.1, 0.15) is 59.9 Å². The Bertz CT molecular complexity index is 866. The van der Waals surface area contributed by atoms with Crippen molar-refractivity contribution < 1.29 is 18.8 Å². The minimum atomic E-state index is -0.374. The van der Waals surface area contributed by atoms with Gasteiger partial charge in [0.05, 0.1) is 17.7 Å². The van der Waals surface area contributed by atoms with Gasteiger partial charge in [-0.05, 0) is 42.0 Å². The molecule has 1 fully saturated rings. The predicted octanol–water partition coefficient (Wildman–Crippen LogP) is 2.89. The summed E-state index contributed by atoms with van der Waals surface area (Å²) in [7, 11) is 0. The summed E-state index contributed by atoms with van der Waals surface area (Å²) in [5.74, 6) is -1.20. The molecule has 1 aliphatic heterocycles. The highest BCUT2D eigenvalue weighted by Crippen LogP contribution is 2.22. The zero-order valence-corrected chi connectivity index (χ0v) is 17.0. The van der Waals surface area contributed by atoms with E-state index in [4.69, 9.17) is 4.42 Å². The lowest BCUT2D eigenvalue weighted by atomic mass is 9.87. The second-order valence-electron chi connectivity index (χ2n) is 8.37. The molecule has 2 N–H and O–H groups in total. The molecule has 0 saturated carbocycles. The molecular weight excluding hydrogens is 370 g/mol. The molecule has 7 nitrogen and oxygen atoms in total. The van der Waals surface area contributed by atoms with Crippen molar-refractivity contribution in [1.82, 2.24) is 15.8 Å². The van der Waals surface area contributed by atoms with Gasteiger partial charge in [0.1, 0.15) is 6.26 Å². The molecule has 0 radical (unpaired) electrons. The third-order valence-corrected chi connectivity index (χ3v) is 5.16. The van der Waals surface area contributed by atoms with E-state index < -0.39 is 0 Å².